The zero-order valence-electron chi connectivity index (χ0n) is 15.2. The number of hydrogen-bond acceptors (Lipinski definition) is 4. The predicted molar refractivity (Wildman–Crippen MR) is 109 cm³/mol. The summed E-state index contributed by atoms with van der Waals surface area (Å²) < 4.78 is 0. The largest absolute Gasteiger partial charge is 0.398 e. The molecular formula is C22H25N3S. The number of piperidine rings is 1. The fourth-order valence-electron chi connectivity index (χ4n) is 4.04. The minimum absolute atomic E-state index is 0.0581. The third kappa shape index (κ3) is 3.27. The summed E-state index contributed by atoms with van der Waals surface area (Å²) in [5, 5.41) is 3.37. The number of para-hydroxylation sites is 1. The molecule has 4 rings (SSSR count). The van der Waals surface area contributed by atoms with E-state index in [-0.39, 0.29) is 5.41 Å². The second-order valence-electron chi connectivity index (χ2n) is 7.23. The van der Waals surface area contributed by atoms with Crippen molar-refractivity contribution in [2.45, 2.75) is 31.7 Å². The lowest BCUT2D eigenvalue weighted by Gasteiger charge is -2.41. The van der Waals surface area contributed by atoms with E-state index in [1.807, 2.05) is 12.1 Å². The molecule has 2 heterocycles. The van der Waals surface area contributed by atoms with Gasteiger partial charge in [0.05, 0.1) is 5.41 Å². The van der Waals surface area contributed by atoms with Crippen molar-refractivity contribution in [1.82, 2.24) is 9.88 Å². The van der Waals surface area contributed by atoms with Crippen molar-refractivity contribution < 1.29 is 0 Å². The summed E-state index contributed by atoms with van der Waals surface area (Å²) in [5.74, 6) is 0. The van der Waals surface area contributed by atoms with Gasteiger partial charge in [-0.1, -0.05) is 48.5 Å². The van der Waals surface area contributed by atoms with Crippen LogP contribution in [0.5, 0.6) is 0 Å². The maximum absolute atomic E-state index is 6.40. The number of aryl methyl sites for hydroxylation is 1. The standard InChI is InChI=1S/C22H25N3S/c1-17-16-26-21(24-17)22(19-9-5-6-10-20(19)23)11-13-25(14-12-22)15-18-7-3-2-4-8-18/h2-10,16H,11-15,23H2,1H3. The molecule has 134 valence electrons. The Morgan fingerprint density at radius 3 is 2.38 bits per heavy atom. The number of nitrogens with two attached hydrogens (primary N) is 1. The van der Waals surface area contributed by atoms with Crippen molar-refractivity contribution in [3.05, 3.63) is 81.8 Å². The van der Waals surface area contributed by atoms with Gasteiger partial charge in [-0.2, -0.15) is 0 Å². The molecule has 26 heavy (non-hydrogen) atoms. The van der Waals surface area contributed by atoms with Gasteiger partial charge in [0.25, 0.3) is 0 Å². The summed E-state index contributed by atoms with van der Waals surface area (Å²) in [7, 11) is 0. The molecule has 1 fully saturated rings. The highest BCUT2D eigenvalue weighted by Crippen LogP contribution is 2.45. The number of anilines is 1. The van der Waals surface area contributed by atoms with Crippen molar-refractivity contribution >= 4 is 17.0 Å². The molecule has 0 atom stereocenters. The Kier molecular flexibility index (Phi) is 4.79. The molecule has 0 bridgehead atoms. The van der Waals surface area contributed by atoms with E-state index >= 15 is 0 Å². The third-order valence-corrected chi connectivity index (χ3v) is 6.63. The molecule has 0 saturated carbocycles. The van der Waals surface area contributed by atoms with Gasteiger partial charge in [-0.3, -0.25) is 4.90 Å². The SMILES string of the molecule is Cc1csc(C2(c3ccccc3N)CCN(Cc3ccccc3)CC2)n1. The molecule has 0 aliphatic carbocycles. The van der Waals surface area contributed by atoms with Gasteiger partial charge in [-0.25, -0.2) is 4.98 Å². The van der Waals surface area contributed by atoms with Crippen molar-refractivity contribution in [3.8, 4) is 0 Å². The van der Waals surface area contributed by atoms with E-state index < -0.39 is 0 Å². The molecule has 1 aromatic heterocycles. The van der Waals surface area contributed by atoms with Crippen LogP contribution < -0.4 is 5.73 Å². The number of benzene rings is 2. The molecule has 0 amide bonds. The highest BCUT2D eigenvalue weighted by atomic mass is 32.1. The summed E-state index contributed by atoms with van der Waals surface area (Å²) in [6, 6.07) is 19.1. The summed E-state index contributed by atoms with van der Waals surface area (Å²) in [5.41, 5.74) is 11.0. The second-order valence-corrected chi connectivity index (χ2v) is 8.08. The lowest BCUT2D eigenvalue weighted by molar-refractivity contribution is 0.172. The third-order valence-electron chi connectivity index (χ3n) is 5.46. The average Bonchev–Trinajstić information content (AvgIpc) is 3.11. The van der Waals surface area contributed by atoms with Gasteiger partial charge in [0.1, 0.15) is 5.01 Å². The van der Waals surface area contributed by atoms with Crippen molar-refractivity contribution in [2.75, 3.05) is 18.8 Å². The van der Waals surface area contributed by atoms with E-state index in [4.69, 9.17) is 10.7 Å². The Hall–Kier alpha value is -2.17. The number of likely N-dealkylation sites (tertiary alicyclic amines) is 1. The maximum Gasteiger partial charge on any atom is 0.104 e. The molecule has 3 nitrogen and oxygen atoms in total. The fraction of sp³-hybridized carbons (Fsp3) is 0.318. The van der Waals surface area contributed by atoms with Crippen LogP contribution in [0.1, 0.15) is 34.7 Å². The first-order valence-electron chi connectivity index (χ1n) is 9.21. The van der Waals surface area contributed by atoms with Gasteiger partial charge in [0.2, 0.25) is 0 Å². The van der Waals surface area contributed by atoms with Crippen LogP contribution in [0, 0.1) is 6.92 Å². The van der Waals surface area contributed by atoms with Crippen LogP contribution in [-0.2, 0) is 12.0 Å². The van der Waals surface area contributed by atoms with E-state index in [0.717, 1.165) is 43.9 Å². The summed E-state index contributed by atoms with van der Waals surface area (Å²) in [6.45, 7) is 5.20. The first-order valence-corrected chi connectivity index (χ1v) is 10.1. The molecule has 1 saturated heterocycles. The molecule has 3 aromatic rings. The molecule has 2 N–H and O–H groups in total. The predicted octanol–water partition coefficient (Wildman–Crippen LogP) is 4.62. The van der Waals surface area contributed by atoms with E-state index in [1.54, 1.807) is 11.3 Å². The number of rotatable bonds is 4. The van der Waals surface area contributed by atoms with Crippen LogP contribution in [0.25, 0.3) is 0 Å². The van der Waals surface area contributed by atoms with Crippen LogP contribution in [0.3, 0.4) is 0 Å². The second kappa shape index (κ2) is 7.22. The van der Waals surface area contributed by atoms with Gasteiger partial charge >= 0.3 is 0 Å². The number of thiazole rings is 1. The number of aromatic nitrogens is 1. The first-order chi connectivity index (χ1) is 12.7. The summed E-state index contributed by atoms with van der Waals surface area (Å²) >= 11 is 1.78. The van der Waals surface area contributed by atoms with Crippen molar-refractivity contribution in [2.24, 2.45) is 0 Å². The zero-order chi connectivity index (χ0) is 18.0. The van der Waals surface area contributed by atoms with Crippen LogP contribution in [-0.4, -0.2) is 23.0 Å². The van der Waals surface area contributed by atoms with E-state index in [2.05, 4.69) is 59.7 Å². The Bertz CT molecular complexity index is 864. The van der Waals surface area contributed by atoms with Crippen LogP contribution in [0.4, 0.5) is 5.69 Å². The minimum Gasteiger partial charge on any atom is -0.398 e. The molecule has 1 aliphatic rings. The monoisotopic (exact) mass is 363 g/mol. The molecule has 0 unspecified atom stereocenters. The number of hydrogen-bond donors (Lipinski definition) is 1. The van der Waals surface area contributed by atoms with Gasteiger partial charge in [-0.15, -0.1) is 11.3 Å². The molecule has 0 radical (unpaired) electrons. The summed E-state index contributed by atoms with van der Waals surface area (Å²) in [4.78, 5) is 7.43. The molecule has 0 spiro atoms. The Labute approximate surface area is 159 Å². The van der Waals surface area contributed by atoms with Crippen molar-refractivity contribution in [3.63, 3.8) is 0 Å². The van der Waals surface area contributed by atoms with E-state index in [0.29, 0.717) is 0 Å². The molecule has 4 heteroatoms. The lowest BCUT2D eigenvalue weighted by atomic mass is 9.72. The quantitative estimate of drug-likeness (QED) is 0.688. The van der Waals surface area contributed by atoms with Gasteiger partial charge in [0, 0.05) is 23.3 Å². The number of nitrogens with zero attached hydrogens (tertiary/aromatic N) is 2. The zero-order valence-corrected chi connectivity index (χ0v) is 16.0. The van der Waals surface area contributed by atoms with Gasteiger partial charge in [-0.05, 0) is 50.0 Å². The van der Waals surface area contributed by atoms with Crippen LogP contribution in [0.15, 0.2) is 60.0 Å². The molecule has 1 aliphatic heterocycles. The Balaban J connectivity index is 1.61. The smallest absolute Gasteiger partial charge is 0.104 e. The highest BCUT2D eigenvalue weighted by molar-refractivity contribution is 7.09. The fourth-order valence-corrected chi connectivity index (χ4v) is 5.11. The lowest BCUT2D eigenvalue weighted by Crippen LogP contribution is -2.43. The van der Waals surface area contributed by atoms with Crippen molar-refractivity contribution in [1.29, 1.82) is 0 Å². The minimum atomic E-state index is -0.0581. The average molecular weight is 364 g/mol. The first kappa shape index (κ1) is 17.3. The molecular weight excluding hydrogens is 338 g/mol. The highest BCUT2D eigenvalue weighted by Gasteiger charge is 2.41. The normalized spacial score (nSPS) is 17.3. The number of nitrogen functional groups attached to an aromatic ring is 1. The molecule has 2 aromatic carbocycles. The van der Waals surface area contributed by atoms with Gasteiger partial charge in [0.15, 0.2) is 0 Å². The van der Waals surface area contributed by atoms with Crippen LogP contribution >= 0.6 is 11.3 Å². The van der Waals surface area contributed by atoms with Crippen LogP contribution in [0.2, 0.25) is 0 Å². The van der Waals surface area contributed by atoms with Gasteiger partial charge < -0.3 is 5.73 Å². The van der Waals surface area contributed by atoms with E-state index in [1.165, 1.54) is 16.1 Å². The maximum atomic E-state index is 6.40. The summed E-state index contributed by atoms with van der Waals surface area (Å²) in [6.07, 6.45) is 2.11. The Morgan fingerprint density at radius 1 is 1.04 bits per heavy atom. The Morgan fingerprint density at radius 2 is 1.73 bits per heavy atom. The topological polar surface area (TPSA) is 42.1 Å². The van der Waals surface area contributed by atoms with E-state index in [9.17, 15) is 0 Å².